The predicted molar refractivity (Wildman–Crippen MR) is 74.3 cm³/mol. The molecule has 1 N–H and O–H groups in total. The molecule has 16 heavy (non-hydrogen) atoms. The summed E-state index contributed by atoms with van der Waals surface area (Å²) in [6.45, 7) is 12.4. The molecule has 0 aliphatic rings. The van der Waals surface area contributed by atoms with Crippen LogP contribution >= 0.6 is 0 Å². The second-order valence-electron chi connectivity index (χ2n) is 3.89. The summed E-state index contributed by atoms with van der Waals surface area (Å²) in [4.78, 5) is 0. The summed E-state index contributed by atoms with van der Waals surface area (Å²) >= 11 is 0. The van der Waals surface area contributed by atoms with Gasteiger partial charge in [0.05, 0.1) is 0 Å². The molecular weight excluding hydrogens is 194 g/mol. The van der Waals surface area contributed by atoms with Gasteiger partial charge in [0.25, 0.3) is 0 Å². The van der Waals surface area contributed by atoms with E-state index >= 15 is 0 Å². The molecule has 0 saturated heterocycles. The van der Waals surface area contributed by atoms with Gasteiger partial charge in [-0.25, -0.2) is 0 Å². The topological polar surface area (TPSA) is 12.0 Å². The highest BCUT2D eigenvalue weighted by Gasteiger charge is 2.12. The van der Waals surface area contributed by atoms with E-state index < -0.39 is 0 Å². The Morgan fingerprint density at radius 2 is 2.06 bits per heavy atom. The highest BCUT2D eigenvalue weighted by molar-refractivity contribution is 5.29. The van der Waals surface area contributed by atoms with Gasteiger partial charge in [0.15, 0.2) is 0 Å². The van der Waals surface area contributed by atoms with Crippen molar-refractivity contribution in [1.29, 1.82) is 0 Å². The molecule has 1 heteroatoms. The second kappa shape index (κ2) is 7.98. The Labute approximate surface area is 101 Å². The summed E-state index contributed by atoms with van der Waals surface area (Å²) in [5.41, 5.74) is 3.91. The molecule has 0 rings (SSSR count). The average Bonchev–Trinajstić information content (AvgIpc) is 2.30. The van der Waals surface area contributed by atoms with Crippen molar-refractivity contribution in [3.8, 4) is 0 Å². The quantitative estimate of drug-likeness (QED) is 0.660. The fourth-order valence-corrected chi connectivity index (χ4v) is 1.84. The van der Waals surface area contributed by atoms with Crippen LogP contribution in [-0.2, 0) is 0 Å². The highest BCUT2D eigenvalue weighted by atomic mass is 14.8. The first kappa shape index (κ1) is 14.8. The van der Waals surface area contributed by atoms with Crippen LogP contribution in [0.5, 0.6) is 0 Å². The first-order valence-corrected chi connectivity index (χ1v) is 5.94. The predicted octanol–water partition coefficient (Wildman–Crippen LogP) is 4.21. The molecule has 0 bridgehead atoms. The Hall–Kier alpha value is -1.24. The molecule has 0 aromatic carbocycles. The molecule has 1 atom stereocenters. The summed E-state index contributed by atoms with van der Waals surface area (Å²) in [6, 6.07) is 0. The highest BCUT2D eigenvalue weighted by Crippen LogP contribution is 2.23. The minimum absolute atomic E-state index is 0.421. The third kappa shape index (κ3) is 4.09. The standard InChI is InChI=1S/C15H25N/c1-7-10-11-14(9-3)13(5)15(16-6)12(4)8-2/h7-8,10-11,13,16H,2,9H2,1,3-6H3/b10-7-,14-11-,15-12-. The van der Waals surface area contributed by atoms with Crippen molar-refractivity contribution in [1.82, 2.24) is 5.32 Å². The first-order valence-electron chi connectivity index (χ1n) is 5.94. The molecule has 1 nitrogen and oxygen atoms in total. The maximum atomic E-state index is 3.83. The Kier molecular flexibility index (Phi) is 7.36. The van der Waals surface area contributed by atoms with Crippen molar-refractivity contribution in [2.45, 2.75) is 34.1 Å². The molecule has 0 fully saturated rings. The molecule has 0 saturated carbocycles. The normalized spacial score (nSPS) is 15.9. The van der Waals surface area contributed by atoms with E-state index in [0.29, 0.717) is 5.92 Å². The van der Waals surface area contributed by atoms with Crippen LogP contribution in [0.2, 0.25) is 0 Å². The number of rotatable bonds is 6. The number of hydrogen-bond acceptors (Lipinski definition) is 1. The van der Waals surface area contributed by atoms with Crippen LogP contribution < -0.4 is 5.32 Å². The number of nitrogens with one attached hydrogen (secondary N) is 1. The number of hydrogen-bond donors (Lipinski definition) is 1. The van der Waals surface area contributed by atoms with Crippen LogP contribution in [0.4, 0.5) is 0 Å². The van der Waals surface area contributed by atoms with E-state index in [0.717, 1.165) is 6.42 Å². The fourth-order valence-electron chi connectivity index (χ4n) is 1.84. The van der Waals surface area contributed by atoms with E-state index in [1.807, 2.05) is 20.0 Å². The zero-order valence-corrected chi connectivity index (χ0v) is 11.3. The molecule has 1 unspecified atom stereocenters. The minimum Gasteiger partial charge on any atom is -0.391 e. The van der Waals surface area contributed by atoms with Gasteiger partial charge in [-0.05, 0) is 25.8 Å². The summed E-state index contributed by atoms with van der Waals surface area (Å²) in [6.07, 6.45) is 9.35. The van der Waals surface area contributed by atoms with E-state index in [2.05, 4.69) is 50.9 Å². The summed E-state index contributed by atoms with van der Waals surface area (Å²) in [7, 11) is 1.97. The molecule has 0 aliphatic carbocycles. The smallest absolute Gasteiger partial charge is 0.0203 e. The first-order chi connectivity index (χ1) is 7.62. The summed E-state index contributed by atoms with van der Waals surface area (Å²) in [5.74, 6) is 0.421. The lowest BCUT2D eigenvalue weighted by molar-refractivity contribution is 0.692. The van der Waals surface area contributed by atoms with Crippen molar-refractivity contribution >= 4 is 0 Å². The van der Waals surface area contributed by atoms with E-state index in [1.54, 1.807) is 0 Å². The van der Waals surface area contributed by atoms with Crippen LogP contribution in [0.15, 0.2) is 47.7 Å². The van der Waals surface area contributed by atoms with Gasteiger partial charge >= 0.3 is 0 Å². The van der Waals surface area contributed by atoms with Gasteiger partial charge in [0, 0.05) is 18.7 Å². The van der Waals surface area contributed by atoms with Crippen molar-refractivity contribution in [3.05, 3.63) is 47.7 Å². The fraction of sp³-hybridized carbons (Fsp3) is 0.467. The van der Waals surface area contributed by atoms with Gasteiger partial charge in [0.2, 0.25) is 0 Å². The lowest BCUT2D eigenvalue weighted by Gasteiger charge is -2.20. The average molecular weight is 219 g/mol. The van der Waals surface area contributed by atoms with Gasteiger partial charge < -0.3 is 5.32 Å². The Bertz CT molecular complexity index is 305. The maximum Gasteiger partial charge on any atom is 0.0203 e. The third-order valence-corrected chi connectivity index (χ3v) is 2.90. The van der Waals surface area contributed by atoms with E-state index in [-0.39, 0.29) is 0 Å². The molecule has 0 spiro atoms. The van der Waals surface area contributed by atoms with Crippen LogP contribution in [0.25, 0.3) is 0 Å². The molecule has 0 aromatic rings. The molecule has 90 valence electrons. The van der Waals surface area contributed by atoms with Crippen LogP contribution in [0.1, 0.15) is 34.1 Å². The third-order valence-electron chi connectivity index (χ3n) is 2.90. The zero-order chi connectivity index (χ0) is 12.6. The molecule has 0 amide bonds. The SMILES string of the molecule is C=C/C(C)=C(\NC)C(C)/C(=C\C=C/C)CC. The Morgan fingerprint density at radius 1 is 1.44 bits per heavy atom. The van der Waals surface area contributed by atoms with Crippen LogP contribution in [0.3, 0.4) is 0 Å². The van der Waals surface area contributed by atoms with Crippen molar-refractivity contribution < 1.29 is 0 Å². The Balaban J connectivity index is 5.13. The zero-order valence-electron chi connectivity index (χ0n) is 11.3. The number of allylic oxidation sites excluding steroid dienone is 6. The van der Waals surface area contributed by atoms with Crippen molar-refractivity contribution in [3.63, 3.8) is 0 Å². The minimum atomic E-state index is 0.421. The van der Waals surface area contributed by atoms with Gasteiger partial charge in [-0.2, -0.15) is 0 Å². The van der Waals surface area contributed by atoms with Crippen molar-refractivity contribution in [2.75, 3.05) is 7.05 Å². The largest absolute Gasteiger partial charge is 0.391 e. The van der Waals surface area contributed by atoms with Crippen LogP contribution in [-0.4, -0.2) is 7.05 Å². The molecule has 0 aromatic heterocycles. The molecular formula is C15H25N. The van der Waals surface area contributed by atoms with E-state index in [9.17, 15) is 0 Å². The molecule has 0 aliphatic heterocycles. The van der Waals surface area contributed by atoms with Gasteiger partial charge in [-0.1, -0.05) is 50.3 Å². The van der Waals surface area contributed by atoms with E-state index in [4.69, 9.17) is 0 Å². The van der Waals surface area contributed by atoms with Gasteiger partial charge in [-0.15, -0.1) is 0 Å². The van der Waals surface area contributed by atoms with Crippen LogP contribution in [0, 0.1) is 5.92 Å². The second-order valence-corrected chi connectivity index (χ2v) is 3.89. The van der Waals surface area contributed by atoms with Crippen molar-refractivity contribution in [2.24, 2.45) is 5.92 Å². The lowest BCUT2D eigenvalue weighted by atomic mass is 9.92. The van der Waals surface area contributed by atoms with E-state index in [1.165, 1.54) is 16.8 Å². The lowest BCUT2D eigenvalue weighted by Crippen LogP contribution is -2.17. The monoisotopic (exact) mass is 219 g/mol. The molecule has 0 radical (unpaired) electrons. The maximum absolute atomic E-state index is 3.83. The van der Waals surface area contributed by atoms with Gasteiger partial charge in [-0.3, -0.25) is 0 Å². The summed E-state index contributed by atoms with van der Waals surface area (Å²) < 4.78 is 0. The Morgan fingerprint density at radius 3 is 2.44 bits per heavy atom. The molecule has 0 heterocycles. The summed E-state index contributed by atoms with van der Waals surface area (Å²) in [5, 5.41) is 3.29. The van der Waals surface area contributed by atoms with Gasteiger partial charge in [0.1, 0.15) is 0 Å².